The molecule has 0 heterocycles. The first-order valence-corrected chi connectivity index (χ1v) is 7.65. The SMILES string of the molecule is CCCC[SiH](OCC)OCC.NCCN. The minimum Gasteiger partial charge on any atom is -0.397 e. The topological polar surface area (TPSA) is 70.5 Å². The maximum Gasteiger partial charge on any atom is 0.321 e. The fraction of sp³-hybridized carbons (Fsp3) is 1.00. The van der Waals surface area contributed by atoms with Crippen LogP contribution in [0, 0.1) is 0 Å². The molecule has 0 saturated carbocycles. The van der Waals surface area contributed by atoms with Gasteiger partial charge in [0, 0.05) is 26.3 Å². The van der Waals surface area contributed by atoms with Crippen molar-refractivity contribution in [2.75, 3.05) is 26.3 Å². The number of rotatable bonds is 8. The molecular formula is C10H28N2O2Si. The maximum absolute atomic E-state index is 5.50. The molecule has 0 spiro atoms. The third kappa shape index (κ3) is 16.7. The second-order valence-electron chi connectivity index (χ2n) is 3.06. The summed E-state index contributed by atoms with van der Waals surface area (Å²) in [5, 5.41) is 0. The Labute approximate surface area is 96.2 Å². The van der Waals surface area contributed by atoms with E-state index in [1.54, 1.807) is 0 Å². The number of hydrogen-bond acceptors (Lipinski definition) is 4. The Morgan fingerprint density at radius 2 is 1.40 bits per heavy atom. The molecule has 0 aromatic rings. The van der Waals surface area contributed by atoms with Crippen molar-refractivity contribution in [3.8, 4) is 0 Å². The molecule has 0 radical (unpaired) electrons. The number of hydrogen-bond donors (Lipinski definition) is 2. The Balaban J connectivity index is 0. The van der Waals surface area contributed by atoms with Crippen LogP contribution in [0.3, 0.4) is 0 Å². The van der Waals surface area contributed by atoms with Crippen LogP contribution >= 0.6 is 0 Å². The first-order chi connectivity index (χ1) is 7.26. The van der Waals surface area contributed by atoms with Gasteiger partial charge in [-0.25, -0.2) is 0 Å². The molecule has 94 valence electrons. The average Bonchev–Trinajstić information content (AvgIpc) is 2.27. The Morgan fingerprint density at radius 1 is 0.933 bits per heavy atom. The van der Waals surface area contributed by atoms with Gasteiger partial charge in [-0.1, -0.05) is 19.8 Å². The van der Waals surface area contributed by atoms with E-state index in [2.05, 4.69) is 6.92 Å². The highest BCUT2D eigenvalue weighted by Crippen LogP contribution is 2.03. The van der Waals surface area contributed by atoms with Crippen molar-refractivity contribution in [1.82, 2.24) is 0 Å². The number of unbranched alkanes of at least 4 members (excludes halogenated alkanes) is 1. The van der Waals surface area contributed by atoms with Crippen molar-refractivity contribution in [2.45, 2.75) is 39.7 Å². The molecule has 0 aliphatic rings. The summed E-state index contributed by atoms with van der Waals surface area (Å²) in [6.45, 7) is 9.07. The molecule has 0 saturated heterocycles. The molecule has 0 aromatic heterocycles. The van der Waals surface area contributed by atoms with E-state index in [0.717, 1.165) is 19.3 Å². The van der Waals surface area contributed by atoms with Gasteiger partial charge in [-0.3, -0.25) is 0 Å². The molecule has 0 amide bonds. The molecule has 5 heteroatoms. The van der Waals surface area contributed by atoms with Gasteiger partial charge in [0.2, 0.25) is 0 Å². The minimum absolute atomic E-state index is 0.597. The van der Waals surface area contributed by atoms with E-state index < -0.39 is 9.28 Å². The standard InChI is InChI=1S/C8H20O2Si.C2H8N2/c1-4-7-8-11(9-5-2)10-6-3;3-1-2-4/h11H,4-8H2,1-3H3;1-4H2. The van der Waals surface area contributed by atoms with Crippen molar-refractivity contribution in [3.63, 3.8) is 0 Å². The third-order valence-electron chi connectivity index (χ3n) is 1.67. The van der Waals surface area contributed by atoms with Gasteiger partial charge in [0.05, 0.1) is 0 Å². The lowest BCUT2D eigenvalue weighted by atomic mass is 10.4. The van der Waals surface area contributed by atoms with Crippen LogP contribution in [0.2, 0.25) is 6.04 Å². The summed E-state index contributed by atoms with van der Waals surface area (Å²) in [5.41, 5.74) is 9.81. The first-order valence-electron chi connectivity index (χ1n) is 5.89. The quantitative estimate of drug-likeness (QED) is 0.617. The van der Waals surface area contributed by atoms with E-state index in [9.17, 15) is 0 Å². The fourth-order valence-corrected chi connectivity index (χ4v) is 2.87. The zero-order valence-electron chi connectivity index (χ0n) is 10.5. The van der Waals surface area contributed by atoms with Crippen molar-refractivity contribution in [1.29, 1.82) is 0 Å². The zero-order chi connectivity index (χ0) is 11.9. The Bertz CT molecular complexity index is 99.4. The average molecular weight is 236 g/mol. The van der Waals surface area contributed by atoms with Gasteiger partial charge < -0.3 is 20.3 Å². The molecule has 0 rings (SSSR count). The molecule has 4 N–H and O–H groups in total. The summed E-state index contributed by atoms with van der Waals surface area (Å²) in [6.07, 6.45) is 2.49. The summed E-state index contributed by atoms with van der Waals surface area (Å²) >= 11 is 0. The molecule has 0 aliphatic carbocycles. The summed E-state index contributed by atoms with van der Waals surface area (Å²) in [6, 6.07) is 1.16. The van der Waals surface area contributed by atoms with Crippen molar-refractivity contribution >= 4 is 9.28 Å². The van der Waals surface area contributed by atoms with Gasteiger partial charge in [0.25, 0.3) is 0 Å². The van der Waals surface area contributed by atoms with E-state index in [-0.39, 0.29) is 0 Å². The molecule has 0 unspecified atom stereocenters. The van der Waals surface area contributed by atoms with Gasteiger partial charge in [-0.05, 0) is 19.9 Å². The molecule has 4 nitrogen and oxygen atoms in total. The lowest BCUT2D eigenvalue weighted by Gasteiger charge is -2.13. The molecule has 0 fully saturated rings. The fourth-order valence-electron chi connectivity index (χ4n) is 0.957. The van der Waals surface area contributed by atoms with Crippen molar-refractivity contribution < 1.29 is 8.85 Å². The number of nitrogens with two attached hydrogens (primary N) is 2. The minimum atomic E-state index is -1.25. The Kier molecular flexibility index (Phi) is 19.2. The van der Waals surface area contributed by atoms with E-state index in [1.165, 1.54) is 12.8 Å². The second kappa shape index (κ2) is 16.5. The van der Waals surface area contributed by atoms with E-state index in [1.807, 2.05) is 13.8 Å². The van der Waals surface area contributed by atoms with Gasteiger partial charge >= 0.3 is 9.28 Å². The smallest absolute Gasteiger partial charge is 0.321 e. The summed E-state index contributed by atoms with van der Waals surface area (Å²) in [7, 11) is -1.25. The second-order valence-corrected chi connectivity index (χ2v) is 5.16. The van der Waals surface area contributed by atoms with Gasteiger partial charge in [0.1, 0.15) is 0 Å². The van der Waals surface area contributed by atoms with Crippen LogP contribution in [-0.2, 0) is 8.85 Å². The molecule has 15 heavy (non-hydrogen) atoms. The van der Waals surface area contributed by atoms with Gasteiger partial charge in [-0.2, -0.15) is 0 Å². The summed E-state index contributed by atoms with van der Waals surface area (Å²) in [4.78, 5) is 0. The third-order valence-corrected chi connectivity index (χ3v) is 3.96. The molecule has 0 aliphatic heterocycles. The summed E-state index contributed by atoms with van der Waals surface area (Å²) in [5.74, 6) is 0. The van der Waals surface area contributed by atoms with Crippen LogP contribution in [0.5, 0.6) is 0 Å². The molecule has 0 bridgehead atoms. The van der Waals surface area contributed by atoms with Crippen molar-refractivity contribution in [2.24, 2.45) is 11.5 Å². The van der Waals surface area contributed by atoms with Gasteiger partial charge in [-0.15, -0.1) is 0 Å². The predicted molar refractivity (Wildman–Crippen MR) is 68.2 cm³/mol. The van der Waals surface area contributed by atoms with Crippen LogP contribution in [0.15, 0.2) is 0 Å². The lowest BCUT2D eigenvalue weighted by Crippen LogP contribution is -2.22. The Morgan fingerprint density at radius 3 is 1.67 bits per heavy atom. The zero-order valence-corrected chi connectivity index (χ0v) is 11.7. The Hall–Kier alpha value is 0.0569. The van der Waals surface area contributed by atoms with E-state index >= 15 is 0 Å². The van der Waals surface area contributed by atoms with Crippen LogP contribution < -0.4 is 11.5 Å². The normalized spacial score (nSPS) is 10.0. The highest BCUT2D eigenvalue weighted by atomic mass is 28.3. The van der Waals surface area contributed by atoms with Crippen LogP contribution in [0.4, 0.5) is 0 Å². The van der Waals surface area contributed by atoms with Gasteiger partial charge in [0.15, 0.2) is 0 Å². The van der Waals surface area contributed by atoms with Crippen molar-refractivity contribution in [3.05, 3.63) is 0 Å². The first kappa shape index (κ1) is 17.5. The lowest BCUT2D eigenvalue weighted by molar-refractivity contribution is 0.213. The van der Waals surface area contributed by atoms with E-state index in [0.29, 0.717) is 13.1 Å². The molecule has 0 aromatic carbocycles. The highest BCUT2D eigenvalue weighted by Gasteiger charge is 2.09. The molecular weight excluding hydrogens is 208 g/mol. The largest absolute Gasteiger partial charge is 0.397 e. The maximum atomic E-state index is 5.50. The van der Waals surface area contributed by atoms with Crippen LogP contribution in [0.1, 0.15) is 33.6 Å². The van der Waals surface area contributed by atoms with E-state index in [4.69, 9.17) is 20.3 Å². The summed E-state index contributed by atoms with van der Waals surface area (Å²) < 4.78 is 11.0. The predicted octanol–water partition coefficient (Wildman–Crippen LogP) is 0.984. The molecule has 0 atom stereocenters. The monoisotopic (exact) mass is 236 g/mol. The van der Waals surface area contributed by atoms with Crippen LogP contribution in [-0.4, -0.2) is 35.6 Å². The highest BCUT2D eigenvalue weighted by molar-refractivity contribution is 6.44. The van der Waals surface area contributed by atoms with Crippen LogP contribution in [0.25, 0.3) is 0 Å².